The molecule has 0 aliphatic heterocycles. The molecule has 0 bridgehead atoms. The van der Waals surface area contributed by atoms with Crippen LogP contribution in [-0.4, -0.2) is 21.3 Å². The molecule has 5 rings (SSSR count). The molecule has 6 nitrogen and oxygen atoms in total. The molecule has 0 amide bonds. The van der Waals surface area contributed by atoms with Gasteiger partial charge >= 0.3 is 0 Å². The van der Waals surface area contributed by atoms with Crippen molar-refractivity contribution < 1.29 is 9.59 Å². The minimum Gasteiger partial charge on any atom is -0.397 e. The van der Waals surface area contributed by atoms with Crippen molar-refractivity contribution in [3.63, 3.8) is 0 Å². The summed E-state index contributed by atoms with van der Waals surface area (Å²) in [6.07, 6.45) is 1.52. The van der Waals surface area contributed by atoms with E-state index in [0.717, 1.165) is 0 Å². The van der Waals surface area contributed by atoms with E-state index in [1.54, 1.807) is 55.5 Å². The van der Waals surface area contributed by atoms with Gasteiger partial charge in [0.2, 0.25) is 0 Å². The van der Waals surface area contributed by atoms with Gasteiger partial charge in [0.05, 0.1) is 28.5 Å². The van der Waals surface area contributed by atoms with Crippen molar-refractivity contribution in [3.8, 4) is 5.69 Å². The van der Waals surface area contributed by atoms with Gasteiger partial charge in [-0.2, -0.15) is 9.78 Å². The Labute approximate surface area is 165 Å². The number of fused-ring (bicyclic) bond motifs is 3. The number of nitrogen functional groups attached to an aromatic ring is 1. The zero-order chi connectivity index (χ0) is 20.3. The smallest absolute Gasteiger partial charge is 0.281 e. The summed E-state index contributed by atoms with van der Waals surface area (Å²) in [4.78, 5) is 39.6. The highest BCUT2D eigenvalue weighted by Gasteiger charge is 2.34. The van der Waals surface area contributed by atoms with E-state index in [0.29, 0.717) is 27.8 Å². The number of nitrogens with two attached hydrogens (primary N) is 1. The average Bonchev–Trinajstić information content (AvgIpc) is 2.75. The maximum absolute atomic E-state index is 13.2. The lowest BCUT2D eigenvalue weighted by Gasteiger charge is -2.22. The average molecular weight is 381 g/mol. The normalized spacial score (nSPS) is 12.7. The number of nitrogens with zero attached hydrogens (tertiary/aromatic N) is 2. The number of carbonyl (C=O) groups excluding carboxylic acids is 2. The summed E-state index contributed by atoms with van der Waals surface area (Å²) in [5.41, 5.74) is 8.04. The van der Waals surface area contributed by atoms with Crippen LogP contribution < -0.4 is 11.3 Å². The second kappa shape index (κ2) is 5.97. The molecule has 1 aliphatic carbocycles. The Morgan fingerprint density at radius 2 is 1.41 bits per heavy atom. The van der Waals surface area contributed by atoms with Crippen molar-refractivity contribution >= 4 is 28.0 Å². The van der Waals surface area contributed by atoms with E-state index in [9.17, 15) is 14.4 Å². The number of ketones is 2. The van der Waals surface area contributed by atoms with E-state index in [2.05, 4.69) is 5.10 Å². The number of rotatable bonds is 1. The molecule has 0 saturated heterocycles. The molecule has 1 aromatic heterocycles. The van der Waals surface area contributed by atoms with Crippen LogP contribution >= 0.6 is 0 Å². The number of benzene rings is 3. The van der Waals surface area contributed by atoms with Crippen molar-refractivity contribution in [2.45, 2.75) is 6.92 Å². The summed E-state index contributed by atoms with van der Waals surface area (Å²) in [6, 6.07) is 15.6. The maximum atomic E-state index is 13.2. The first-order valence-corrected chi connectivity index (χ1v) is 9.08. The molecule has 1 heterocycles. The van der Waals surface area contributed by atoms with E-state index in [-0.39, 0.29) is 33.8 Å². The molecule has 0 atom stereocenters. The summed E-state index contributed by atoms with van der Waals surface area (Å²) >= 11 is 0. The quantitative estimate of drug-likeness (QED) is 0.450. The van der Waals surface area contributed by atoms with Crippen LogP contribution in [-0.2, 0) is 0 Å². The van der Waals surface area contributed by atoms with Crippen molar-refractivity contribution in [1.29, 1.82) is 0 Å². The number of hydrogen-bond acceptors (Lipinski definition) is 5. The molecule has 4 aromatic rings. The fourth-order valence-corrected chi connectivity index (χ4v) is 4.00. The molecule has 6 heteroatoms. The van der Waals surface area contributed by atoms with Crippen LogP contribution in [0.25, 0.3) is 16.5 Å². The highest BCUT2D eigenvalue weighted by atomic mass is 16.1. The summed E-state index contributed by atoms with van der Waals surface area (Å²) in [5, 5.41) is 4.93. The molecule has 2 N–H and O–H groups in total. The van der Waals surface area contributed by atoms with E-state index in [1.807, 2.05) is 6.07 Å². The number of para-hydroxylation sites is 1. The second-order valence-electron chi connectivity index (χ2n) is 6.98. The molecule has 3 aromatic carbocycles. The molecule has 0 fully saturated rings. The van der Waals surface area contributed by atoms with Crippen LogP contribution in [0.2, 0.25) is 0 Å². The third-order valence-corrected chi connectivity index (χ3v) is 5.42. The Kier molecular flexibility index (Phi) is 3.51. The number of anilines is 1. The summed E-state index contributed by atoms with van der Waals surface area (Å²) in [5.74, 6) is -0.617. The van der Waals surface area contributed by atoms with Gasteiger partial charge in [0.25, 0.3) is 5.56 Å². The van der Waals surface area contributed by atoms with E-state index < -0.39 is 5.56 Å². The van der Waals surface area contributed by atoms with Gasteiger partial charge < -0.3 is 5.73 Å². The third kappa shape index (κ3) is 2.23. The van der Waals surface area contributed by atoms with Crippen molar-refractivity contribution in [2.24, 2.45) is 0 Å². The standard InChI is InChI=1S/C23H15N3O3/c1-12-16-11-25-26(13-7-3-2-4-8-13)23(29)18(16)20(24)19-17(12)21(27)14-9-5-6-10-15(14)22(19)28/h2-11H,24H2,1H3. The largest absolute Gasteiger partial charge is 0.397 e. The van der Waals surface area contributed by atoms with Crippen LogP contribution in [0.15, 0.2) is 65.6 Å². The minimum atomic E-state index is -0.434. The van der Waals surface area contributed by atoms with Gasteiger partial charge in [-0.1, -0.05) is 42.5 Å². The molecule has 140 valence electrons. The zero-order valence-electron chi connectivity index (χ0n) is 15.5. The van der Waals surface area contributed by atoms with E-state index >= 15 is 0 Å². The van der Waals surface area contributed by atoms with Gasteiger partial charge in [0.15, 0.2) is 11.6 Å². The highest BCUT2D eigenvalue weighted by Crippen LogP contribution is 2.37. The van der Waals surface area contributed by atoms with Crippen molar-refractivity contribution in [3.05, 3.63) is 99.0 Å². The van der Waals surface area contributed by atoms with Gasteiger partial charge in [0, 0.05) is 22.1 Å². The van der Waals surface area contributed by atoms with Crippen LogP contribution in [0.4, 0.5) is 5.69 Å². The predicted octanol–water partition coefficient (Wildman–Crippen LogP) is 3.05. The molecule has 29 heavy (non-hydrogen) atoms. The topological polar surface area (TPSA) is 95.1 Å². The van der Waals surface area contributed by atoms with Crippen LogP contribution in [0.1, 0.15) is 37.4 Å². The fourth-order valence-electron chi connectivity index (χ4n) is 4.00. The van der Waals surface area contributed by atoms with Crippen molar-refractivity contribution in [2.75, 3.05) is 5.73 Å². The number of hydrogen-bond donors (Lipinski definition) is 1. The minimum absolute atomic E-state index is 0.0190. The van der Waals surface area contributed by atoms with E-state index in [4.69, 9.17) is 5.73 Å². The Balaban J connectivity index is 1.90. The van der Waals surface area contributed by atoms with Crippen LogP contribution in [0.3, 0.4) is 0 Å². The monoisotopic (exact) mass is 381 g/mol. The summed E-state index contributed by atoms with van der Waals surface area (Å²) < 4.78 is 1.24. The Morgan fingerprint density at radius 1 is 0.828 bits per heavy atom. The Bertz CT molecular complexity index is 1420. The maximum Gasteiger partial charge on any atom is 0.281 e. The zero-order valence-corrected chi connectivity index (χ0v) is 15.5. The van der Waals surface area contributed by atoms with Gasteiger partial charge in [-0.05, 0) is 24.6 Å². The lowest BCUT2D eigenvalue weighted by atomic mass is 9.79. The first-order valence-electron chi connectivity index (χ1n) is 9.08. The SMILES string of the molecule is Cc1c2c(c(N)c3c(=O)n(-c4ccccc4)ncc13)C(=O)c1ccccc1C2=O. The Hall–Kier alpha value is -4.06. The number of aryl methyl sites for hydroxylation is 1. The lowest BCUT2D eigenvalue weighted by molar-refractivity contribution is 0.0979. The highest BCUT2D eigenvalue weighted by molar-refractivity contribution is 6.32. The van der Waals surface area contributed by atoms with Crippen LogP contribution in [0, 0.1) is 6.92 Å². The van der Waals surface area contributed by atoms with Crippen molar-refractivity contribution in [1.82, 2.24) is 9.78 Å². The van der Waals surface area contributed by atoms with Gasteiger partial charge in [-0.15, -0.1) is 0 Å². The fraction of sp³-hybridized carbons (Fsp3) is 0.0435. The summed E-state index contributed by atoms with van der Waals surface area (Å²) in [7, 11) is 0. The molecule has 0 spiro atoms. The molecule has 0 saturated carbocycles. The van der Waals surface area contributed by atoms with Crippen LogP contribution in [0.5, 0.6) is 0 Å². The van der Waals surface area contributed by atoms with Gasteiger partial charge in [-0.25, -0.2) is 0 Å². The van der Waals surface area contributed by atoms with Gasteiger partial charge in [-0.3, -0.25) is 14.4 Å². The lowest BCUT2D eigenvalue weighted by Crippen LogP contribution is -2.27. The van der Waals surface area contributed by atoms with Gasteiger partial charge in [0.1, 0.15) is 0 Å². The molecule has 1 aliphatic rings. The molecule has 0 unspecified atom stereocenters. The first kappa shape index (κ1) is 17.1. The van der Waals surface area contributed by atoms with E-state index in [1.165, 1.54) is 10.9 Å². The molecular weight excluding hydrogens is 366 g/mol. The third-order valence-electron chi connectivity index (χ3n) is 5.42. The number of carbonyl (C=O) groups is 2. The second-order valence-corrected chi connectivity index (χ2v) is 6.98. The molecule has 0 radical (unpaired) electrons. The number of aromatic nitrogens is 2. The summed E-state index contributed by atoms with van der Waals surface area (Å²) in [6.45, 7) is 1.72. The first-order chi connectivity index (χ1) is 14.0. The molecular formula is C23H15N3O3. The predicted molar refractivity (Wildman–Crippen MR) is 110 cm³/mol. The Morgan fingerprint density at radius 3 is 2.07 bits per heavy atom.